The lowest BCUT2D eigenvalue weighted by molar-refractivity contribution is -0.139. The zero-order valence-electron chi connectivity index (χ0n) is 8.26. The number of hydrogen-bond acceptors (Lipinski definition) is 1. The van der Waals surface area contributed by atoms with E-state index >= 15 is 0 Å². The van der Waals surface area contributed by atoms with Crippen molar-refractivity contribution in [3.8, 4) is 0 Å². The minimum atomic E-state index is -1.22. The average Bonchev–Trinajstić information content (AvgIpc) is 2.77. The van der Waals surface area contributed by atoms with Crippen LogP contribution in [-0.2, 0) is 4.79 Å². The Hall–Kier alpha value is 0.590. The van der Waals surface area contributed by atoms with Gasteiger partial charge in [-0.25, -0.2) is 0 Å². The molecular formula is C10H7BrCl4O2. The minimum Gasteiger partial charge on any atom is -0.481 e. The molecule has 0 spiro atoms. The molecule has 0 aromatic heterocycles. The summed E-state index contributed by atoms with van der Waals surface area (Å²) in [5.41, 5.74) is 0. The van der Waals surface area contributed by atoms with Crippen LogP contribution in [0.1, 0.15) is 6.42 Å². The Morgan fingerprint density at radius 2 is 2.06 bits per heavy atom. The summed E-state index contributed by atoms with van der Waals surface area (Å²) in [4.78, 5) is 11.0. The van der Waals surface area contributed by atoms with Gasteiger partial charge in [0.2, 0.25) is 0 Å². The summed E-state index contributed by atoms with van der Waals surface area (Å²) in [7, 11) is 0. The Morgan fingerprint density at radius 3 is 2.47 bits per heavy atom. The van der Waals surface area contributed by atoms with E-state index < -0.39 is 16.2 Å². The van der Waals surface area contributed by atoms with Crippen molar-refractivity contribution in [2.45, 2.75) is 10.8 Å². The number of rotatable bonds is 2. The molecule has 0 radical (unpaired) electrons. The van der Waals surface area contributed by atoms with Crippen LogP contribution in [0.15, 0.2) is 20.6 Å². The highest BCUT2D eigenvalue weighted by Gasteiger charge is 2.69. The molecule has 0 aromatic rings. The molecule has 2 rings (SSSR count). The number of carbonyl (C=O) groups is 1. The van der Waals surface area contributed by atoms with E-state index in [-0.39, 0.29) is 11.8 Å². The maximum Gasteiger partial charge on any atom is 0.309 e. The Kier molecular flexibility index (Phi) is 3.79. The second kappa shape index (κ2) is 4.61. The van der Waals surface area contributed by atoms with Crippen molar-refractivity contribution in [2.75, 3.05) is 0 Å². The number of hydrogen-bond donors (Lipinski definition) is 1. The summed E-state index contributed by atoms with van der Waals surface area (Å²) in [5.74, 6) is -2.19. The lowest BCUT2D eigenvalue weighted by Crippen LogP contribution is -2.10. The van der Waals surface area contributed by atoms with Crippen molar-refractivity contribution in [3.63, 3.8) is 0 Å². The molecule has 0 aliphatic heterocycles. The smallest absolute Gasteiger partial charge is 0.309 e. The highest BCUT2D eigenvalue weighted by molar-refractivity contribution is 9.12. The van der Waals surface area contributed by atoms with Crippen LogP contribution in [0.2, 0.25) is 0 Å². The summed E-state index contributed by atoms with van der Waals surface area (Å²) < 4.78 is -0.568. The molecule has 0 saturated heterocycles. The molecule has 7 heteroatoms. The van der Waals surface area contributed by atoms with Crippen LogP contribution in [0.3, 0.4) is 0 Å². The summed E-state index contributed by atoms with van der Waals surface area (Å²) in [6, 6.07) is 0. The van der Waals surface area contributed by atoms with Crippen LogP contribution in [0.5, 0.6) is 0 Å². The lowest BCUT2D eigenvalue weighted by atomic mass is 9.94. The van der Waals surface area contributed by atoms with Gasteiger partial charge in [0, 0.05) is 15.4 Å². The molecule has 94 valence electrons. The number of alkyl halides is 2. The quantitative estimate of drug-likeness (QED) is 0.717. The van der Waals surface area contributed by atoms with Gasteiger partial charge in [-0.2, -0.15) is 0 Å². The van der Waals surface area contributed by atoms with Gasteiger partial charge < -0.3 is 5.11 Å². The van der Waals surface area contributed by atoms with Crippen molar-refractivity contribution in [3.05, 3.63) is 20.6 Å². The van der Waals surface area contributed by atoms with E-state index in [2.05, 4.69) is 15.9 Å². The van der Waals surface area contributed by atoms with Gasteiger partial charge >= 0.3 is 5.97 Å². The van der Waals surface area contributed by atoms with Crippen LogP contribution in [0.25, 0.3) is 0 Å². The third-order valence-corrected chi connectivity index (χ3v) is 5.79. The summed E-state index contributed by atoms with van der Waals surface area (Å²) in [5, 5.41) is 9.94. The van der Waals surface area contributed by atoms with Gasteiger partial charge in [-0.15, -0.1) is 23.2 Å². The summed E-state index contributed by atoms with van der Waals surface area (Å²) >= 11 is 27.2. The Labute approximate surface area is 127 Å². The molecule has 2 aliphatic carbocycles. The van der Waals surface area contributed by atoms with Crippen molar-refractivity contribution in [1.29, 1.82) is 0 Å². The van der Waals surface area contributed by atoms with Crippen LogP contribution < -0.4 is 0 Å². The number of halogens is 5. The Balaban J connectivity index is 2.21. The molecule has 0 aromatic carbocycles. The van der Waals surface area contributed by atoms with E-state index in [1.165, 1.54) is 0 Å². The lowest BCUT2D eigenvalue weighted by Gasteiger charge is -2.19. The van der Waals surface area contributed by atoms with Crippen LogP contribution in [-0.4, -0.2) is 15.4 Å². The van der Waals surface area contributed by atoms with Gasteiger partial charge in [0.1, 0.15) is 4.33 Å². The van der Waals surface area contributed by atoms with Crippen molar-refractivity contribution >= 4 is 68.3 Å². The third-order valence-electron chi connectivity index (χ3n) is 3.06. The van der Waals surface area contributed by atoms with Gasteiger partial charge in [0.15, 0.2) is 0 Å². The Morgan fingerprint density at radius 1 is 1.47 bits per heavy atom. The largest absolute Gasteiger partial charge is 0.481 e. The second-order valence-corrected chi connectivity index (χ2v) is 7.25. The van der Waals surface area contributed by atoms with Gasteiger partial charge in [-0.3, -0.25) is 4.79 Å². The Bertz CT molecular complexity index is 444. The molecule has 0 heterocycles. The molecule has 0 amide bonds. The van der Waals surface area contributed by atoms with Crippen LogP contribution >= 0.6 is 62.3 Å². The van der Waals surface area contributed by atoms with Crippen LogP contribution in [0.4, 0.5) is 0 Å². The zero-order valence-corrected chi connectivity index (χ0v) is 12.9. The molecule has 1 saturated carbocycles. The van der Waals surface area contributed by atoms with Crippen molar-refractivity contribution in [1.82, 2.24) is 0 Å². The first-order valence-electron chi connectivity index (χ1n) is 4.79. The molecule has 0 bridgehead atoms. The maximum absolute atomic E-state index is 11.0. The predicted octanol–water partition coefficient (Wildman–Crippen LogP) is 4.48. The fourth-order valence-corrected chi connectivity index (χ4v) is 4.20. The molecule has 3 unspecified atom stereocenters. The fourth-order valence-electron chi connectivity index (χ4n) is 2.18. The molecule has 2 aliphatic rings. The topological polar surface area (TPSA) is 37.3 Å². The van der Waals surface area contributed by atoms with E-state index in [1.54, 1.807) is 0 Å². The SMILES string of the molecule is O=C(O)C1C(C2C=C(Br)C(Cl)=C(Cl)C2)C1(Cl)Cl. The van der Waals surface area contributed by atoms with Gasteiger partial charge in [0.05, 0.1) is 11.0 Å². The van der Waals surface area contributed by atoms with E-state index in [1.807, 2.05) is 6.08 Å². The highest BCUT2D eigenvalue weighted by Crippen LogP contribution is 2.64. The number of carboxylic acids is 1. The van der Waals surface area contributed by atoms with E-state index in [0.717, 1.165) is 0 Å². The standard InChI is InChI=1S/C10H7BrCl4O2/c11-4-1-3(2-5(12)8(4)13)6-7(9(16)17)10(6,14)15/h1,3,6-7H,2H2,(H,16,17). The molecule has 1 N–H and O–H groups in total. The summed E-state index contributed by atoms with van der Waals surface area (Å²) in [6.07, 6.45) is 2.28. The van der Waals surface area contributed by atoms with E-state index in [4.69, 9.17) is 51.5 Å². The molecule has 1 fully saturated rings. The van der Waals surface area contributed by atoms with E-state index in [0.29, 0.717) is 21.0 Å². The highest BCUT2D eigenvalue weighted by atomic mass is 79.9. The van der Waals surface area contributed by atoms with Gasteiger partial charge in [0.25, 0.3) is 0 Å². The first kappa shape index (κ1) is 14.0. The maximum atomic E-state index is 11.0. The number of aliphatic carboxylic acids is 1. The molecule has 3 atom stereocenters. The first-order chi connectivity index (χ1) is 7.76. The number of allylic oxidation sites excluding steroid dienone is 4. The third kappa shape index (κ3) is 2.37. The number of carboxylic acid groups (broad SMARTS) is 1. The second-order valence-electron chi connectivity index (χ2n) is 4.12. The average molecular weight is 381 g/mol. The van der Waals surface area contributed by atoms with Crippen molar-refractivity contribution in [2.24, 2.45) is 17.8 Å². The molecular weight excluding hydrogens is 374 g/mol. The first-order valence-corrected chi connectivity index (χ1v) is 7.09. The minimum absolute atomic E-state index is 0.115. The van der Waals surface area contributed by atoms with E-state index in [9.17, 15) is 4.79 Å². The van der Waals surface area contributed by atoms with Gasteiger partial charge in [-0.05, 0) is 28.3 Å². The monoisotopic (exact) mass is 378 g/mol. The van der Waals surface area contributed by atoms with Gasteiger partial charge in [-0.1, -0.05) is 29.3 Å². The molecule has 2 nitrogen and oxygen atoms in total. The zero-order chi connectivity index (χ0) is 13.0. The van der Waals surface area contributed by atoms with Crippen LogP contribution in [0, 0.1) is 17.8 Å². The van der Waals surface area contributed by atoms with Crippen molar-refractivity contribution < 1.29 is 9.90 Å². The fraction of sp³-hybridized carbons (Fsp3) is 0.500. The normalized spacial score (nSPS) is 35.6. The molecule has 17 heavy (non-hydrogen) atoms. The summed E-state index contributed by atoms with van der Waals surface area (Å²) in [6.45, 7) is 0. The predicted molar refractivity (Wildman–Crippen MR) is 72.9 cm³/mol.